The van der Waals surface area contributed by atoms with Gasteiger partial charge in [-0.1, -0.05) is 18.9 Å². The molecular formula is C21H23F2NO2S. The van der Waals surface area contributed by atoms with E-state index in [1.165, 1.54) is 25.0 Å². The quantitative estimate of drug-likeness (QED) is 0.573. The van der Waals surface area contributed by atoms with Gasteiger partial charge in [0, 0.05) is 29.0 Å². The van der Waals surface area contributed by atoms with Crippen molar-refractivity contribution >= 4 is 17.7 Å². The Morgan fingerprint density at radius 1 is 1.19 bits per heavy atom. The van der Waals surface area contributed by atoms with Gasteiger partial charge in [-0.25, -0.2) is 13.8 Å². The lowest BCUT2D eigenvalue weighted by Gasteiger charge is -2.13. The third-order valence-electron chi connectivity index (χ3n) is 4.87. The first-order chi connectivity index (χ1) is 13.0. The number of unbranched alkanes of at least 4 members (excludes halogenated alkanes) is 1. The minimum atomic E-state index is -0.893. The molecule has 1 aliphatic carbocycles. The van der Waals surface area contributed by atoms with Crippen LogP contribution in [0.1, 0.15) is 50.5 Å². The molecule has 0 radical (unpaired) electrons. The highest BCUT2D eigenvalue weighted by Gasteiger charge is 2.20. The van der Waals surface area contributed by atoms with E-state index in [4.69, 9.17) is 5.11 Å². The van der Waals surface area contributed by atoms with E-state index in [1.54, 1.807) is 24.0 Å². The largest absolute Gasteiger partial charge is 0.481 e. The second-order valence-corrected chi connectivity index (χ2v) is 8.19. The molecule has 0 bridgehead atoms. The van der Waals surface area contributed by atoms with Gasteiger partial charge in [0.1, 0.15) is 16.7 Å². The van der Waals surface area contributed by atoms with Crippen molar-refractivity contribution in [3.05, 3.63) is 47.7 Å². The molecule has 0 unspecified atom stereocenters. The summed E-state index contributed by atoms with van der Waals surface area (Å²) in [6.07, 6.45) is 7.51. The molecule has 1 fully saturated rings. The summed E-state index contributed by atoms with van der Waals surface area (Å²) in [7, 11) is 0. The maximum atomic E-state index is 14.5. The summed E-state index contributed by atoms with van der Waals surface area (Å²) in [5.41, 5.74) is 1.27. The number of aromatic nitrogens is 1. The van der Waals surface area contributed by atoms with E-state index in [-0.39, 0.29) is 18.4 Å². The van der Waals surface area contributed by atoms with E-state index < -0.39 is 17.6 Å². The van der Waals surface area contributed by atoms with Crippen LogP contribution in [0.4, 0.5) is 8.78 Å². The number of halogens is 2. The van der Waals surface area contributed by atoms with Gasteiger partial charge in [-0.2, -0.15) is 0 Å². The highest BCUT2D eigenvalue weighted by atomic mass is 32.2. The fourth-order valence-electron chi connectivity index (χ4n) is 3.44. The standard InChI is InChI=1S/C21H23F2NO2S/c22-18-12-14(13-19(23)17(18)8-3-4-10-20(25)26)16-9-5-11-24-21(16)27-15-6-1-2-7-15/h5,9,11-13,15H,1-4,6-8,10H2,(H,25,26). The molecule has 1 heterocycles. The van der Waals surface area contributed by atoms with Crippen molar-refractivity contribution in [2.24, 2.45) is 0 Å². The number of rotatable bonds is 8. The Kier molecular flexibility index (Phi) is 6.83. The van der Waals surface area contributed by atoms with Crippen molar-refractivity contribution < 1.29 is 18.7 Å². The Morgan fingerprint density at radius 2 is 1.89 bits per heavy atom. The van der Waals surface area contributed by atoms with Crippen LogP contribution in [0.3, 0.4) is 0 Å². The second kappa shape index (κ2) is 9.31. The number of nitrogens with zero attached hydrogens (tertiary/aromatic N) is 1. The number of pyridine rings is 1. The molecule has 0 aliphatic heterocycles. The summed E-state index contributed by atoms with van der Waals surface area (Å²) >= 11 is 1.70. The minimum Gasteiger partial charge on any atom is -0.481 e. The Hall–Kier alpha value is -1.95. The Bertz CT molecular complexity index is 784. The van der Waals surface area contributed by atoms with Crippen LogP contribution in [0.2, 0.25) is 0 Å². The van der Waals surface area contributed by atoms with E-state index >= 15 is 0 Å². The lowest BCUT2D eigenvalue weighted by atomic mass is 10.0. The fourth-order valence-corrected chi connectivity index (χ4v) is 4.76. The van der Waals surface area contributed by atoms with E-state index in [0.717, 1.165) is 23.4 Å². The zero-order valence-corrected chi connectivity index (χ0v) is 15.9. The predicted molar refractivity (Wildman–Crippen MR) is 103 cm³/mol. The Balaban J connectivity index is 1.78. The number of carbonyl (C=O) groups is 1. The molecule has 3 nitrogen and oxygen atoms in total. The van der Waals surface area contributed by atoms with Gasteiger partial charge in [-0.05, 0) is 55.9 Å². The molecule has 1 aliphatic rings. The first-order valence-corrected chi connectivity index (χ1v) is 10.2. The summed E-state index contributed by atoms with van der Waals surface area (Å²) in [4.78, 5) is 15.0. The number of hydrogen-bond donors (Lipinski definition) is 1. The second-order valence-electron chi connectivity index (χ2n) is 6.90. The van der Waals surface area contributed by atoms with E-state index in [0.29, 0.717) is 23.7 Å². The van der Waals surface area contributed by atoms with Crippen LogP contribution in [0, 0.1) is 11.6 Å². The number of carboxylic acids is 1. The van der Waals surface area contributed by atoms with Crippen LogP contribution >= 0.6 is 11.8 Å². The molecule has 0 atom stereocenters. The van der Waals surface area contributed by atoms with Gasteiger partial charge in [0.15, 0.2) is 0 Å². The molecule has 1 saturated carbocycles. The molecule has 3 rings (SSSR count). The van der Waals surface area contributed by atoms with Crippen LogP contribution in [0.15, 0.2) is 35.5 Å². The number of benzene rings is 1. The molecule has 1 N–H and O–H groups in total. The lowest BCUT2D eigenvalue weighted by molar-refractivity contribution is -0.137. The number of aliphatic carboxylic acids is 1. The van der Waals surface area contributed by atoms with Gasteiger partial charge < -0.3 is 5.11 Å². The maximum Gasteiger partial charge on any atom is 0.303 e. The van der Waals surface area contributed by atoms with Gasteiger partial charge in [-0.15, -0.1) is 11.8 Å². The van der Waals surface area contributed by atoms with Gasteiger partial charge in [0.2, 0.25) is 0 Å². The van der Waals surface area contributed by atoms with Gasteiger partial charge >= 0.3 is 5.97 Å². The summed E-state index contributed by atoms with van der Waals surface area (Å²) in [6, 6.07) is 6.37. The number of thioether (sulfide) groups is 1. The number of carboxylic acid groups (broad SMARTS) is 1. The first-order valence-electron chi connectivity index (χ1n) is 9.36. The Morgan fingerprint density at radius 3 is 2.56 bits per heavy atom. The highest BCUT2D eigenvalue weighted by Crippen LogP contribution is 2.38. The highest BCUT2D eigenvalue weighted by molar-refractivity contribution is 8.00. The molecule has 1 aromatic carbocycles. The molecule has 6 heteroatoms. The van der Waals surface area contributed by atoms with Crippen molar-refractivity contribution in [1.82, 2.24) is 4.98 Å². The minimum absolute atomic E-state index is 0.0127. The third-order valence-corrected chi connectivity index (χ3v) is 6.22. The maximum absolute atomic E-state index is 14.5. The molecule has 0 amide bonds. The lowest BCUT2D eigenvalue weighted by Crippen LogP contribution is -2.01. The van der Waals surface area contributed by atoms with Crippen molar-refractivity contribution in [2.45, 2.75) is 61.6 Å². The zero-order valence-electron chi connectivity index (χ0n) is 15.1. The molecule has 27 heavy (non-hydrogen) atoms. The molecule has 2 aromatic rings. The molecule has 144 valence electrons. The first kappa shape index (κ1) is 19.8. The SMILES string of the molecule is O=C(O)CCCCc1c(F)cc(-c2cccnc2SC2CCCC2)cc1F. The van der Waals surface area contributed by atoms with Crippen molar-refractivity contribution in [1.29, 1.82) is 0 Å². The molecular weight excluding hydrogens is 368 g/mol. The van der Waals surface area contributed by atoms with Gasteiger partial charge in [0.05, 0.1) is 0 Å². The summed E-state index contributed by atoms with van der Waals surface area (Å²) < 4.78 is 29.1. The fraction of sp³-hybridized carbons (Fsp3) is 0.429. The summed E-state index contributed by atoms with van der Waals surface area (Å²) in [5.74, 6) is -2.06. The summed E-state index contributed by atoms with van der Waals surface area (Å²) in [5, 5.41) is 9.99. The Labute approximate surface area is 162 Å². The van der Waals surface area contributed by atoms with Gasteiger partial charge in [-0.3, -0.25) is 4.79 Å². The zero-order chi connectivity index (χ0) is 19.2. The van der Waals surface area contributed by atoms with Crippen molar-refractivity contribution in [3.63, 3.8) is 0 Å². The average Bonchev–Trinajstić information content (AvgIpc) is 3.13. The van der Waals surface area contributed by atoms with Crippen molar-refractivity contribution in [3.8, 4) is 11.1 Å². The topological polar surface area (TPSA) is 50.2 Å². The van der Waals surface area contributed by atoms with Crippen molar-refractivity contribution in [2.75, 3.05) is 0 Å². The van der Waals surface area contributed by atoms with Crippen LogP contribution in [-0.2, 0) is 11.2 Å². The molecule has 1 aromatic heterocycles. The molecule has 0 spiro atoms. The van der Waals surface area contributed by atoms with Crippen LogP contribution in [-0.4, -0.2) is 21.3 Å². The molecule has 0 saturated heterocycles. The monoisotopic (exact) mass is 391 g/mol. The van der Waals surface area contributed by atoms with E-state index in [2.05, 4.69) is 4.98 Å². The van der Waals surface area contributed by atoms with Crippen LogP contribution in [0.5, 0.6) is 0 Å². The smallest absolute Gasteiger partial charge is 0.303 e. The number of hydrogen-bond acceptors (Lipinski definition) is 3. The van der Waals surface area contributed by atoms with Gasteiger partial charge in [0.25, 0.3) is 0 Å². The predicted octanol–water partition coefficient (Wildman–Crippen LogP) is 5.86. The van der Waals surface area contributed by atoms with E-state index in [1.807, 2.05) is 6.07 Å². The van der Waals surface area contributed by atoms with E-state index in [9.17, 15) is 13.6 Å². The van der Waals surface area contributed by atoms with Crippen LogP contribution in [0.25, 0.3) is 11.1 Å². The van der Waals surface area contributed by atoms with Crippen LogP contribution < -0.4 is 0 Å². The summed E-state index contributed by atoms with van der Waals surface area (Å²) in [6.45, 7) is 0. The average molecular weight is 391 g/mol. The normalized spacial score (nSPS) is 14.6. The third kappa shape index (κ3) is 5.28.